The highest BCUT2D eigenvalue weighted by atomic mass is 16.5. The number of ether oxygens (including phenoxy) is 2. The van der Waals surface area contributed by atoms with Crippen LogP contribution in [0.4, 0.5) is 5.69 Å². The lowest BCUT2D eigenvalue weighted by Crippen LogP contribution is -2.53. The Morgan fingerprint density at radius 2 is 1.79 bits per heavy atom. The van der Waals surface area contributed by atoms with Crippen molar-refractivity contribution in [3.8, 4) is 11.5 Å². The summed E-state index contributed by atoms with van der Waals surface area (Å²) in [6, 6.07) is 8.75. The Labute approximate surface area is 220 Å². The monoisotopic (exact) mass is 520 g/mol. The lowest BCUT2D eigenvalue weighted by atomic mass is 9.75. The average molecular weight is 521 g/mol. The topological polar surface area (TPSA) is 140 Å². The molecule has 0 bridgehead atoms. The fourth-order valence-corrected chi connectivity index (χ4v) is 6.36. The third-order valence-electron chi connectivity index (χ3n) is 8.03. The SMILES string of the molecule is COc1ccc(CCN2C(=O)[C@H]3[C@@H](C2=O)[C@]2(N[C@@H]3CCC(N)=O)C(=O)Nc3c(C)cc(C)cc32)cc1OC. The Morgan fingerprint density at radius 3 is 2.47 bits per heavy atom. The van der Waals surface area contributed by atoms with Crippen LogP contribution in [-0.2, 0) is 31.1 Å². The third-order valence-corrected chi connectivity index (χ3v) is 8.03. The maximum Gasteiger partial charge on any atom is 0.250 e. The largest absolute Gasteiger partial charge is 0.493 e. The van der Waals surface area contributed by atoms with E-state index in [1.807, 2.05) is 38.1 Å². The van der Waals surface area contributed by atoms with Gasteiger partial charge in [-0.2, -0.15) is 0 Å². The highest BCUT2D eigenvalue weighted by Crippen LogP contribution is 2.54. The molecule has 10 nitrogen and oxygen atoms in total. The van der Waals surface area contributed by atoms with Gasteiger partial charge in [-0.15, -0.1) is 0 Å². The molecule has 4 amide bonds. The van der Waals surface area contributed by atoms with Crippen molar-refractivity contribution in [1.29, 1.82) is 0 Å². The summed E-state index contributed by atoms with van der Waals surface area (Å²) in [5, 5.41) is 6.30. The number of likely N-dealkylation sites (tertiary alicyclic amines) is 1. The number of hydrogen-bond donors (Lipinski definition) is 3. The van der Waals surface area contributed by atoms with Gasteiger partial charge >= 0.3 is 0 Å². The van der Waals surface area contributed by atoms with E-state index in [-0.39, 0.29) is 31.2 Å². The Bertz CT molecular complexity index is 1360. The first-order valence-electron chi connectivity index (χ1n) is 12.7. The number of rotatable bonds is 8. The van der Waals surface area contributed by atoms with Crippen molar-refractivity contribution in [2.45, 2.75) is 44.7 Å². The van der Waals surface area contributed by atoms with Gasteiger partial charge in [0.1, 0.15) is 5.54 Å². The zero-order valence-corrected chi connectivity index (χ0v) is 21.9. The van der Waals surface area contributed by atoms with Gasteiger partial charge in [0.05, 0.1) is 26.1 Å². The van der Waals surface area contributed by atoms with Crippen LogP contribution in [0.5, 0.6) is 11.5 Å². The first-order chi connectivity index (χ1) is 18.1. The van der Waals surface area contributed by atoms with Crippen LogP contribution < -0.4 is 25.8 Å². The predicted octanol–water partition coefficient (Wildman–Crippen LogP) is 1.55. The van der Waals surface area contributed by atoms with E-state index in [0.717, 1.165) is 16.7 Å². The predicted molar refractivity (Wildman–Crippen MR) is 139 cm³/mol. The molecule has 0 aromatic heterocycles. The molecular weight excluding hydrogens is 488 g/mol. The molecule has 2 aromatic carbocycles. The number of carbonyl (C=O) groups is 4. The first kappa shape index (κ1) is 25.7. The van der Waals surface area contributed by atoms with Gasteiger partial charge in [0.2, 0.25) is 23.6 Å². The molecule has 3 aliphatic rings. The molecule has 4 N–H and O–H groups in total. The number of amides is 4. The van der Waals surface area contributed by atoms with Crippen LogP contribution in [0.2, 0.25) is 0 Å². The van der Waals surface area contributed by atoms with Gasteiger partial charge < -0.3 is 20.5 Å². The lowest BCUT2D eigenvalue weighted by Gasteiger charge is -2.30. The van der Waals surface area contributed by atoms with E-state index in [4.69, 9.17) is 15.2 Å². The van der Waals surface area contributed by atoms with E-state index in [0.29, 0.717) is 29.2 Å². The van der Waals surface area contributed by atoms with E-state index in [1.54, 1.807) is 20.3 Å². The summed E-state index contributed by atoms with van der Waals surface area (Å²) < 4.78 is 10.7. The van der Waals surface area contributed by atoms with E-state index in [1.165, 1.54) is 4.90 Å². The standard InChI is InChI=1S/C28H32N4O6/c1-14-11-15(2)24-17(12-14)28(27(36)30-24)23-22(18(31-28)6-8-21(29)33)25(34)32(26(23)35)10-9-16-5-7-19(37-3)20(13-16)38-4/h5,7,11-13,18,22-23,31H,6,8-10H2,1-4H3,(H2,29,33)(H,30,36)/t18-,22-,23+,28+/m1/s1. The Hall–Kier alpha value is -3.92. The molecule has 1 spiro atoms. The van der Waals surface area contributed by atoms with Gasteiger partial charge in [-0.05, 0) is 49.9 Å². The summed E-state index contributed by atoms with van der Waals surface area (Å²) in [6.07, 6.45) is 0.685. The maximum atomic E-state index is 14.0. The van der Waals surface area contributed by atoms with Crippen LogP contribution in [0.1, 0.15) is 35.1 Å². The number of imide groups is 1. The number of benzene rings is 2. The second-order valence-electron chi connectivity index (χ2n) is 10.3. The highest BCUT2D eigenvalue weighted by Gasteiger charge is 2.70. The van der Waals surface area contributed by atoms with Crippen molar-refractivity contribution in [2.75, 3.05) is 26.1 Å². The number of methoxy groups -OCH3 is 2. The van der Waals surface area contributed by atoms with Crippen molar-refractivity contribution < 1.29 is 28.7 Å². The molecule has 0 aliphatic carbocycles. The number of primary amides is 1. The average Bonchev–Trinajstić information content (AvgIpc) is 3.46. The van der Waals surface area contributed by atoms with Crippen molar-refractivity contribution in [1.82, 2.24) is 10.2 Å². The summed E-state index contributed by atoms with van der Waals surface area (Å²) in [5.41, 5.74) is 8.03. The van der Waals surface area contributed by atoms with E-state index in [2.05, 4.69) is 10.6 Å². The van der Waals surface area contributed by atoms with E-state index in [9.17, 15) is 19.2 Å². The van der Waals surface area contributed by atoms with Crippen LogP contribution in [0.15, 0.2) is 30.3 Å². The molecular formula is C28H32N4O6. The van der Waals surface area contributed by atoms with Crippen LogP contribution in [-0.4, -0.2) is 55.3 Å². The summed E-state index contributed by atoms with van der Waals surface area (Å²) >= 11 is 0. The van der Waals surface area contributed by atoms with Crippen LogP contribution >= 0.6 is 0 Å². The second-order valence-corrected chi connectivity index (χ2v) is 10.3. The Morgan fingerprint density at radius 1 is 1.05 bits per heavy atom. The minimum Gasteiger partial charge on any atom is -0.493 e. The highest BCUT2D eigenvalue weighted by molar-refractivity contribution is 6.15. The number of hydrogen-bond acceptors (Lipinski definition) is 7. The van der Waals surface area contributed by atoms with E-state index >= 15 is 0 Å². The van der Waals surface area contributed by atoms with Gasteiger partial charge in [0.15, 0.2) is 11.5 Å². The Kier molecular flexibility index (Phi) is 6.38. The molecule has 5 rings (SSSR count). The van der Waals surface area contributed by atoms with Gasteiger partial charge in [-0.1, -0.05) is 23.8 Å². The molecule has 2 saturated heterocycles. The fourth-order valence-electron chi connectivity index (χ4n) is 6.36. The smallest absolute Gasteiger partial charge is 0.250 e. The van der Waals surface area contributed by atoms with Crippen molar-refractivity contribution in [2.24, 2.45) is 17.6 Å². The molecule has 0 unspecified atom stereocenters. The van der Waals surface area contributed by atoms with Crippen molar-refractivity contribution in [3.05, 3.63) is 52.6 Å². The van der Waals surface area contributed by atoms with Gasteiger partial charge in [-0.3, -0.25) is 29.4 Å². The Balaban J connectivity index is 1.50. The molecule has 4 atom stereocenters. The number of nitrogens with two attached hydrogens (primary N) is 1. The molecule has 2 fully saturated rings. The fraction of sp³-hybridized carbons (Fsp3) is 0.429. The van der Waals surface area contributed by atoms with Crippen LogP contribution in [0, 0.1) is 25.7 Å². The minimum atomic E-state index is -1.40. The van der Waals surface area contributed by atoms with Gasteiger partial charge in [0, 0.05) is 30.3 Å². The summed E-state index contributed by atoms with van der Waals surface area (Å²) in [4.78, 5) is 54.2. The number of anilines is 1. The molecule has 3 aliphatic heterocycles. The summed E-state index contributed by atoms with van der Waals surface area (Å²) in [5.74, 6) is -2.18. The minimum absolute atomic E-state index is 0.0331. The molecule has 2 aromatic rings. The zero-order chi connectivity index (χ0) is 27.4. The normalized spacial score (nSPS) is 25.5. The summed E-state index contributed by atoms with van der Waals surface area (Å²) in [7, 11) is 3.10. The number of aryl methyl sites for hydroxylation is 2. The molecule has 38 heavy (non-hydrogen) atoms. The molecule has 10 heteroatoms. The van der Waals surface area contributed by atoms with Gasteiger partial charge in [0.25, 0.3) is 0 Å². The maximum absolute atomic E-state index is 14.0. The number of carbonyl (C=O) groups excluding carboxylic acids is 4. The molecule has 0 saturated carbocycles. The lowest BCUT2D eigenvalue weighted by molar-refractivity contribution is -0.142. The number of nitrogens with zero attached hydrogens (tertiary/aromatic N) is 1. The van der Waals surface area contributed by atoms with Gasteiger partial charge in [-0.25, -0.2) is 0 Å². The summed E-state index contributed by atoms with van der Waals surface area (Å²) in [6.45, 7) is 3.98. The number of fused-ring (bicyclic) bond motifs is 4. The quantitative estimate of drug-likeness (QED) is 0.449. The van der Waals surface area contributed by atoms with Crippen molar-refractivity contribution in [3.63, 3.8) is 0 Å². The van der Waals surface area contributed by atoms with Crippen LogP contribution in [0.3, 0.4) is 0 Å². The van der Waals surface area contributed by atoms with E-state index < -0.39 is 35.2 Å². The number of nitrogens with one attached hydrogen (secondary N) is 2. The second kappa shape index (κ2) is 9.43. The first-order valence-corrected chi connectivity index (χ1v) is 12.7. The third kappa shape index (κ3) is 3.82. The molecule has 3 heterocycles. The zero-order valence-electron chi connectivity index (χ0n) is 21.9. The van der Waals surface area contributed by atoms with Crippen molar-refractivity contribution >= 4 is 29.3 Å². The molecule has 200 valence electrons. The van der Waals surface area contributed by atoms with Crippen LogP contribution in [0.25, 0.3) is 0 Å². The molecule has 0 radical (unpaired) electrons.